The minimum Gasteiger partial charge on any atom is -0.477 e. The topological polar surface area (TPSA) is 69.0 Å². The highest BCUT2D eigenvalue weighted by Gasteiger charge is 2.25. The summed E-state index contributed by atoms with van der Waals surface area (Å²) < 4.78 is 16.5. The molecule has 4 rings (SSSR count). The zero-order valence-corrected chi connectivity index (χ0v) is 17.3. The zero-order valence-electron chi connectivity index (χ0n) is 16.5. The average molecular weight is 413 g/mol. The molecule has 2 aromatic heterocycles. The number of esters is 1. The van der Waals surface area contributed by atoms with Gasteiger partial charge in [0.1, 0.15) is 18.1 Å². The molecule has 0 atom stereocenters. The van der Waals surface area contributed by atoms with Crippen molar-refractivity contribution in [1.29, 1.82) is 0 Å². The number of carbonyl (C=O) groups is 1. The van der Waals surface area contributed by atoms with Crippen molar-refractivity contribution >= 4 is 28.3 Å². The molecule has 6 nitrogen and oxygen atoms in total. The van der Waals surface area contributed by atoms with Crippen LogP contribution < -0.4 is 10.4 Å². The molecule has 0 fully saturated rings. The summed E-state index contributed by atoms with van der Waals surface area (Å²) in [4.78, 5) is 27.2. The van der Waals surface area contributed by atoms with Crippen LogP contribution in [0.5, 0.6) is 5.75 Å². The number of hydrogen-bond acceptors (Lipinski definition) is 7. The quantitative estimate of drug-likeness (QED) is 0.454. The van der Waals surface area contributed by atoms with Crippen LogP contribution in [0.1, 0.15) is 28.0 Å². The summed E-state index contributed by atoms with van der Waals surface area (Å²) >= 11 is 1.75. The van der Waals surface area contributed by atoms with Crippen molar-refractivity contribution in [3.8, 4) is 5.75 Å². The van der Waals surface area contributed by atoms with Crippen LogP contribution in [0.2, 0.25) is 0 Å². The molecule has 0 saturated heterocycles. The summed E-state index contributed by atoms with van der Waals surface area (Å²) in [5.74, 6) is 0.464. The van der Waals surface area contributed by atoms with Crippen LogP contribution in [0, 0.1) is 6.92 Å². The van der Waals surface area contributed by atoms with E-state index < -0.39 is 0 Å². The molecule has 0 N–H and O–H groups in total. The van der Waals surface area contributed by atoms with E-state index in [4.69, 9.17) is 13.9 Å². The summed E-state index contributed by atoms with van der Waals surface area (Å²) in [7, 11) is 1.39. The second-order valence-electron chi connectivity index (χ2n) is 7.20. The number of rotatable bonds is 6. The second-order valence-corrected chi connectivity index (χ2v) is 8.23. The van der Waals surface area contributed by atoms with E-state index >= 15 is 0 Å². The van der Waals surface area contributed by atoms with Crippen LogP contribution in [0.3, 0.4) is 0 Å². The van der Waals surface area contributed by atoms with Crippen molar-refractivity contribution in [1.82, 2.24) is 4.90 Å². The Morgan fingerprint density at radius 1 is 1.31 bits per heavy atom. The number of hydrogen-bond donors (Lipinski definition) is 0. The van der Waals surface area contributed by atoms with Gasteiger partial charge in [-0.15, -0.1) is 11.3 Å². The Kier molecular flexibility index (Phi) is 5.69. The molecular weight excluding hydrogens is 390 g/mol. The van der Waals surface area contributed by atoms with Gasteiger partial charge in [-0.1, -0.05) is 6.07 Å². The fourth-order valence-electron chi connectivity index (χ4n) is 3.70. The Morgan fingerprint density at radius 3 is 2.93 bits per heavy atom. The van der Waals surface area contributed by atoms with E-state index in [1.165, 1.54) is 18.1 Å². The van der Waals surface area contributed by atoms with Gasteiger partial charge in [-0.25, -0.2) is 4.79 Å². The van der Waals surface area contributed by atoms with Crippen LogP contribution in [-0.4, -0.2) is 31.3 Å². The van der Waals surface area contributed by atoms with Crippen LogP contribution in [0.25, 0.3) is 11.0 Å². The highest BCUT2D eigenvalue weighted by atomic mass is 32.1. The number of carbonyl (C=O) groups excluding carboxylic acids is 1. The van der Waals surface area contributed by atoms with Crippen molar-refractivity contribution in [2.24, 2.45) is 0 Å². The van der Waals surface area contributed by atoms with E-state index in [-0.39, 0.29) is 18.0 Å². The molecule has 0 bridgehead atoms. The molecule has 152 valence electrons. The minimum atomic E-state index is -0.366. The predicted octanol–water partition coefficient (Wildman–Crippen LogP) is 3.66. The number of aryl methyl sites for hydroxylation is 2. The minimum absolute atomic E-state index is 0.261. The lowest BCUT2D eigenvalue weighted by atomic mass is 9.97. The van der Waals surface area contributed by atoms with Crippen molar-refractivity contribution in [3.63, 3.8) is 0 Å². The lowest BCUT2D eigenvalue weighted by molar-refractivity contribution is -0.140. The lowest BCUT2D eigenvalue weighted by Crippen LogP contribution is -2.34. The van der Waals surface area contributed by atoms with Gasteiger partial charge in [0.15, 0.2) is 0 Å². The SMILES string of the molecule is COC(=O)CCc1cc2c(C)cc(=O)oc2c2c1OCN(CCc1cccs1)C2. The maximum absolute atomic E-state index is 12.0. The summed E-state index contributed by atoms with van der Waals surface area (Å²) in [6, 6.07) is 7.65. The molecule has 29 heavy (non-hydrogen) atoms. The number of fused-ring (bicyclic) bond motifs is 3. The highest BCUT2D eigenvalue weighted by molar-refractivity contribution is 7.09. The van der Waals surface area contributed by atoms with Gasteiger partial charge in [-0.2, -0.15) is 0 Å². The van der Waals surface area contributed by atoms with Crippen molar-refractivity contribution in [3.05, 3.63) is 61.6 Å². The smallest absolute Gasteiger partial charge is 0.336 e. The van der Waals surface area contributed by atoms with E-state index in [0.717, 1.165) is 40.8 Å². The fraction of sp³-hybridized carbons (Fsp3) is 0.364. The number of thiophene rings is 1. The van der Waals surface area contributed by atoms with Gasteiger partial charge in [0.05, 0.1) is 12.7 Å². The molecule has 0 unspecified atom stereocenters. The summed E-state index contributed by atoms with van der Waals surface area (Å²) in [5.41, 5.74) is 2.88. The van der Waals surface area contributed by atoms with Gasteiger partial charge in [-0.3, -0.25) is 9.69 Å². The Hall–Kier alpha value is -2.64. The number of benzene rings is 1. The van der Waals surface area contributed by atoms with E-state index in [1.807, 2.05) is 13.0 Å². The molecule has 7 heteroatoms. The average Bonchev–Trinajstić information content (AvgIpc) is 3.24. The lowest BCUT2D eigenvalue weighted by Gasteiger charge is -2.30. The molecule has 0 aliphatic carbocycles. The van der Waals surface area contributed by atoms with Crippen molar-refractivity contribution < 1.29 is 18.7 Å². The third kappa shape index (κ3) is 4.21. The standard InChI is InChI=1S/C22H23NO5S/c1-14-10-20(25)28-22-17(14)11-15(5-6-19(24)26-2)21-18(22)12-23(13-27-21)8-7-16-4-3-9-29-16/h3-4,9-11H,5-8,12-13H2,1-2H3. The first-order valence-electron chi connectivity index (χ1n) is 9.58. The third-order valence-corrected chi connectivity index (χ3v) is 6.15. The zero-order chi connectivity index (χ0) is 20.4. The number of methoxy groups -OCH3 is 1. The van der Waals surface area contributed by atoms with Crippen LogP contribution in [0.4, 0.5) is 0 Å². The Bertz CT molecular complexity index is 1090. The number of ether oxygens (including phenoxy) is 2. The van der Waals surface area contributed by atoms with Crippen molar-refractivity contribution in [2.45, 2.75) is 32.7 Å². The van der Waals surface area contributed by atoms with E-state index in [9.17, 15) is 9.59 Å². The first-order valence-corrected chi connectivity index (χ1v) is 10.5. The maximum atomic E-state index is 12.0. The molecule has 1 aliphatic rings. The van der Waals surface area contributed by atoms with Gasteiger partial charge in [0, 0.05) is 35.8 Å². The predicted molar refractivity (Wildman–Crippen MR) is 111 cm³/mol. The Morgan fingerprint density at radius 2 is 2.17 bits per heavy atom. The fourth-order valence-corrected chi connectivity index (χ4v) is 4.40. The second kappa shape index (κ2) is 8.39. The molecule has 0 radical (unpaired) electrons. The van der Waals surface area contributed by atoms with Crippen molar-refractivity contribution in [2.75, 3.05) is 20.4 Å². The maximum Gasteiger partial charge on any atom is 0.336 e. The molecule has 0 saturated carbocycles. The Labute approximate surface area is 172 Å². The van der Waals surface area contributed by atoms with Gasteiger partial charge in [0.2, 0.25) is 0 Å². The van der Waals surface area contributed by atoms with E-state index in [0.29, 0.717) is 25.3 Å². The normalized spacial score (nSPS) is 13.9. The van der Waals surface area contributed by atoms with E-state index in [1.54, 1.807) is 11.3 Å². The molecule has 1 aliphatic heterocycles. The molecule has 3 heterocycles. The highest BCUT2D eigenvalue weighted by Crippen LogP contribution is 2.37. The van der Waals surface area contributed by atoms with Gasteiger partial charge in [-0.05, 0) is 48.4 Å². The first-order chi connectivity index (χ1) is 14.0. The van der Waals surface area contributed by atoms with Crippen LogP contribution in [-0.2, 0) is 28.9 Å². The van der Waals surface area contributed by atoms with Crippen LogP contribution in [0.15, 0.2) is 38.9 Å². The molecule has 1 aromatic carbocycles. The summed E-state index contributed by atoms with van der Waals surface area (Å²) in [6.45, 7) is 3.85. The molecule has 0 spiro atoms. The van der Waals surface area contributed by atoms with Gasteiger partial charge < -0.3 is 13.9 Å². The molecule has 3 aromatic rings. The number of nitrogens with zero attached hydrogens (tertiary/aromatic N) is 1. The van der Waals surface area contributed by atoms with Crippen LogP contribution >= 0.6 is 11.3 Å². The monoisotopic (exact) mass is 413 g/mol. The largest absolute Gasteiger partial charge is 0.477 e. The third-order valence-electron chi connectivity index (χ3n) is 5.22. The summed E-state index contributed by atoms with van der Waals surface area (Å²) in [6.07, 6.45) is 1.73. The summed E-state index contributed by atoms with van der Waals surface area (Å²) in [5, 5.41) is 2.96. The van der Waals surface area contributed by atoms with Gasteiger partial charge >= 0.3 is 11.6 Å². The Balaban J connectivity index is 1.68. The first kappa shape index (κ1) is 19.7. The molecular formula is C22H23NO5S. The van der Waals surface area contributed by atoms with Gasteiger partial charge in [0.25, 0.3) is 0 Å². The van der Waals surface area contributed by atoms with E-state index in [2.05, 4.69) is 22.4 Å². The molecule has 0 amide bonds.